The summed E-state index contributed by atoms with van der Waals surface area (Å²) < 4.78 is 2.11. The topological polar surface area (TPSA) is 80.2 Å². The highest BCUT2D eigenvalue weighted by atomic mass is 16.3. The van der Waals surface area contributed by atoms with Gasteiger partial charge in [-0.25, -0.2) is 9.97 Å². The number of aliphatic hydroxyl groups excluding tert-OH is 1. The van der Waals surface area contributed by atoms with Crippen molar-refractivity contribution in [3.05, 3.63) is 41.9 Å². The van der Waals surface area contributed by atoms with Crippen LogP contribution in [0.5, 0.6) is 0 Å². The Morgan fingerprint density at radius 3 is 2.67 bits per heavy atom. The fourth-order valence-electron chi connectivity index (χ4n) is 5.53. The van der Waals surface area contributed by atoms with E-state index in [0.717, 1.165) is 60.6 Å². The Morgan fingerprint density at radius 2 is 1.97 bits per heavy atom. The van der Waals surface area contributed by atoms with Crippen LogP contribution in [0.3, 0.4) is 0 Å². The van der Waals surface area contributed by atoms with Gasteiger partial charge in [0.05, 0.1) is 18.0 Å². The summed E-state index contributed by atoms with van der Waals surface area (Å²) in [7, 11) is 2.05. The van der Waals surface area contributed by atoms with Crippen molar-refractivity contribution in [2.45, 2.75) is 51.7 Å². The van der Waals surface area contributed by atoms with E-state index < -0.39 is 0 Å². The van der Waals surface area contributed by atoms with Gasteiger partial charge in [-0.1, -0.05) is 18.6 Å². The number of hydrogen-bond donors (Lipinski definition) is 2. The van der Waals surface area contributed by atoms with Crippen molar-refractivity contribution in [1.29, 1.82) is 0 Å². The summed E-state index contributed by atoms with van der Waals surface area (Å²) in [6.07, 6.45) is 7.93. The maximum atomic E-state index is 10.1. The minimum absolute atomic E-state index is 0.108. The lowest BCUT2D eigenvalue weighted by Gasteiger charge is -2.42. The number of aromatic nitrogens is 3. The zero-order chi connectivity index (χ0) is 20.9. The summed E-state index contributed by atoms with van der Waals surface area (Å²) in [5.41, 5.74) is 11.4. The van der Waals surface area contributed by atoms with Gasteiger partial charge in [-0.3, -0.25) is 0 Å². The fourth-order valence-corrected chi connectivity index (χ4v) is 5.53. The minimum Gasteiger partial charge on any atom is -0.390 e. The van der Waals surface area contributed by atoms with Crippen LogP contribution in [0, 0.1) is 12.3 Å². The molecule has 1 aliphatic carbocycles. The van der Waals surface area contributed by atoms with E-state index in [2.05, 4.69) is 39.9 Å². The van der Waals surface area contributed by atoms with Crippen LogP contribution < -0.4 is 10.6 Å². The predicted octanol–water partition coefficient (Wildman–Crippen LogP) is 3.53. The number of nitrogens with zero attached hydrogens (tertiary/aromatic N) is 4. The van der Waals surface area contributed by atoms with Crippen molar-refractivity contribution in [2.75, 3.05) is 18.0 Å². The number of benzene rings is 1. The Balaban J connectivity index is 1.46. The molecule has 1 aromatic carbocycles. The van der Waals surface area contributed by atoms with E-state index in [-0.39, 0.29) is 6.61 Å². The standard InChI is InChI=1S/C24H31N5O/c1-16-22(18-6-5-17-7-11-28(2)20(17)14-18)27-19(15-30)23(26-16)29-12-9-24(10-13-29)8-3-4-21(24)25/h5-7,11,14,21,30H,3-4,8-10,12-13,15,25H2,1-2H3/t21-/m1/s1. The molecule has 6 nitrogen and oxygen atoms in total. The molecular weight excluding hydrogens is 374 g/mol. The average molecular weight is 406 g/mol. The van der Waals surface area contributed by atoms with Gasteiger partial charge in [-0.15, -0.1) is 0 Å². The van der Waals surface area contributed by atoms with Crippen molar-refractivity contribution in [3.63, 3.8) is 0 Å². The SMILES string of the molecule is Cc1nc(N2CCC3(CCC[C@H]3N)CC2)c(CO)nc1-c1ccc2ccn(C)c2c1. The average Bonchev–Trinajstić information content (AvgIpc) is 3.31. The van der Waals surface area contributed by atoms with Crippen molar-refractivity contribution in [3.8, 4) is 11.3 Å². The van der Waals surface area contributed by atoms with E-state index in [1.807, 2.05) is 14.0 Å². The normalized spacial score (nSPS) is 21.1. The van der Waals surface area contributed by atoms with E-state index >= 15 is 0 Å². The van der Waals surface area contributed by atoms with Gasteiger partial charge in [0.15, 0.2) is 5.82 Å². The smallest absolute Gasteiger partial charge is 0.153 e. The first-order valence-electron chi connectivity index (χ1n) is 11.1. The Kier molecular flexibility index (Phi) is 4.79. The van der Waals surface area contributed by atoms with Crippen LogP contribution in [0.15, 0.2) is 30.5 Å². The molecule has 1 saturated heterocycles. The third-order valence-corrected chi connectivity index (χ3v) is 7.47. The summed E-state index contributed by atoms with van der Waals surface area (Å²) in [5, 5.41) is 11.3. The van der Waals surface area contributed by atoms with E-state index in [4.69, 9.17) is 15.7 Å². The maximum Gasteiger partial charge on any atom is 0.153 e. The van der Waals surface area contributed by atoms with Crippen LogP contribution in [0.1, 0.15) is 43.5 Å². The number of aliphatic hydroxyl groups is 1. The Labute approximate surface area is 177 Å². The molecule has 0 unspecified atom stereocenters. The monoisotopic (exact) mass is 405 g/mol. The second kappa shape index (κ2) is 7.36. The molecule has 6 heteroatoms. The van der Waals surface area contributed by atoms with E-state index in [0.29, 0.717) is 17.2 Å². The molecule has 3 N–H and O–H groups in total. The molecule has 3 heterocycles. The minimum atomic E-state index is -0.108. The molecule has 1 aliphatic heterocycles. The third kappa shape index (κ3) is 3.10. The molecule has 0 amide bonds. The molecule has 2 aromatic heterocycles. The summed E-state index contributed by atoms with van der Waals surface area (Å²) >= 11 is 0. The number of aryl methyl sites for hydroxylation is 2. The number of nitrogens with two attached hydrogens (primary N) is 1. The highest BCUT2D eigenvalue weighted by Crippen LogP contribution is 2.46. The van der Waals surface area contributed by atoms with Crippen LogP contribution in [0.25, 0.3) is 22.2 Å². The molecule has 2 fully saturated rings. The highest BCUT2D eigenvalue weighted by Gasteiger charge is 2.43. The molecule has 2 aliphatic rings. The summed E-state index contributed by atoms with van der Waals surface area (Å²) in [5.74, 6) is 0.833. The Bertz CT molecular complexity index is 1080. The Morgan fingerprint density at radius 1 is 1.17 bits per heavy atom. The molecule has 1 atom stereocenters. The summed E-state index contributed by atoms with van der Waals surface area (Å²) in [4.78, 5) is 12.1. The van der Waals surface area contributed by atoms with Crippen LogP contribution >= 0.6 is 0 Å². The first-order chi connectivity index (χ1) is 14.5. The van der Waals surface area contributed by atoms with E-state index in [9.17, 15) is 5.11 Å². The lowest BCUT2D eigenvalue weighted by molar-refractivity contribution is 0.196. The molecule has 0 bridgehead atoms. The maximum absolute atomic E-state index is 10.1. The first kappa shape index (κ1) is 19.5. The molecule has 158 valence electrons. The van der Waals surface area contributed by atoms with Gasteiger partial charge in [0.25, 0.3) is 0 Å². The van der Waals surface area contributed by atoms with Crippen molar-refractivity contribution >= 4 is 16.7 Å². The van der Waals surface area contributed by atoms with Gasteiger partial charge in [0, 0.05) is 43.5 Å². The molecule has 5 rings (SSSR count). The molecule has 1 spiro atoms. The number of piperidine rings is 1. The largest absolute Gasteiger partial charge is 0.390 e. The van der Waals surface area contributed by atoms with Gasteiger partial charge >= 0.3 is 0 Å². The highest BCUT2D eigenvalue weighted by molar-refractivity contribution is 5.85. The summed E-state index contributed by atoms with van der Waals surface area (Å²) in [6.45, 7) is 3.77. The quantitative estimate of drug-likeness (QED) is 0.697. The second-order valence-corrected chi connectivity index (χ2v) is 9.13. The fraction of sp³-hybridized carbons (Fsp3) is 0.500. The van der Waals surface area contributed by atoms with Crippen LogP contribution in [-0.4, -0.2) is 38.8 Å². The zero-order valence-corrected chi connectivity index (χ0v) is 17.9. The molecule has 0 radical (unpaired) electrons. The summed E-state index contributed by atoms with van der Waals surface area (Å²) in [6, 6.07) is 8.80. The van der Waals surface area contributed by atoms with Gasteiger partial charge in [0.2, 0.25) is 0 Å². The number of fused-ring (bicyclic) bond motifs is 1. The second-order valence-electron chi connectivity index (χ2n) is 9.13. The third-order valence-electron chi connectivity index (χ3n) is 7.47. The molecule has 3 aromatic rings. The van der Waals surface area contributed by atoms with E-state index in [1.165, 1.54) is 18.2 Å². The molecular formula is C24H31N5O. The lowest BCUT2D eigenvalue weighted by Crippen LogP contribution is -2.47. The van der Waals surface area contributed by atoms with Gasteiger partial charge in [-0.05, 0) is 55.5 Å². The van der Waals surface area contributed by atoms with Crippen molar-refractivity contribution in [1.82, 2.24) is 14.5 Å². The number of rotatable bonds is 3. The number of anilines is 1. The lowest BCUT2D eigenvalue weighted by atomic mass is 9.74. The van der Waals surface area contributed by atoms with E-state index in [1.54, 1.807) is 0 Å². The van der Waals surface area contributed by atoms with Gasteiger partial charge < -0.3 is 20.3 Å². The number of hydrogen-bond acceptors (Lipinski definition) is 5. The van der Waals surface area contributed by atoms with Crippen LogP contribution in [0.2, 0.25) is 0 Å². The molecule has 30 heavy (non-hydrogen) atoms. The Hall–Kier alpha value is -2.44. The molecule has 1 saturated carbocycles. The van der Waals surface area contributed by atoms with Crippen molar-refractivity contribution in [2.24, 2.45) is 18.2 Å². The van der Waals surface area contributed by atoms with Gasteiger partial charge in [0.1, 0.15) is 5.69 Å². The predicted molar refractivity (Wildman–Crippen MR) is 120 cm³/mol. The first-order valence-corrected chi connectivity index (χ1v) is 11.1. The van der Waals surface area contributed by atoms with Crippen LogP contribution in [-0.2, 0) is 13.7 Å². The van der Waals surface area contributed by atoms with Crippen molar-refractivity contribution < 1.29 is 5.11 Å². The zero-order valence-electron chi connectivity index (χ0n) is 17.9. The van der Waals surface area contributed by atoms with Gasteiger partial charge in [-0.2, -0.15) is 0 Å². The van der Waals surface area contributed by atoms with Crippen LogP contribution in [0.4, 0.5) is 5.82 Å².